The Kier molecular flexibility index (Phi) is 5.13. The zero-order chi connectivity index (χ0) is 16.1. The van der Waals surface area contributed by atoms with Crippen LogP contribution in [0.3, 0.4) is 0 Å². The van der Waals surface area contributed by atoms with Crippen molar-refractivity contribution in [2.45, 2.75) is 13.5 Å². The Hall–Kier alpha value is -2.07. The fourth-order valence-electron chi connectivity index (χ4n) is 2.92. The molecule has 0 bridgehead atoms. The van der Waals surface area contributed by atoms with Gasteiger partial charge in [-0.25, -0.2) is 4.39 Å². The number of nitrogens with zero attached hydrogens (tertiary/aromatic N) is 2. The normalized spacial score (nSPS) is 15.7. The smallest absolute Gasteiger partial charge is 0.123 e. The van der Waals surface area contributed by atoms with Gasteiger partial charge in [0.25, 0.3) is 0 Å². The van der Waals surface area contributed by atoms with E-state index in [1.54, 1.807) is 0 Å². The number of likely N-dealkylation sites (N-methyl/N-ethyl adjacent to an activating group) is 1. The van der Waals surface area contributed by atoms with Gasteiger partial charge in [0.05, 0.1) is 0 Å². The molecule has 3 nitrogen and oxygen atoms in total. The molecule has 2 aromatic rings. The molecule has 0 saturated carbocycles. The Labute approximate surface area is 137 Å². The fraction of sp³-hybridized carbons (Fsp3) is 0.368. The first kappa shape index (κ1) is 15.8. The van der Waals surface area contributed by atoms with Crippen molar-refractivity contribution >= 4 is 11.4 Å². The predicted octanol–water partition coefficient (Wildman–Crippen LogP) is 3.58. The summed E-state index contributed by atoms with van der Waals surface area (Å²) in [6.07, 6.45) is 0. The number of hydrogen-bond donors (Lipinski definition) is 1. The molecule has 0 aliphatic carbocycles. The second-order valence-electron chi connectivity index (χ2n) is 5.95. The Bertz CT molecular complexity index is 602. The first-order valence-electron chi connectivity index (χ1n) is 8.30. The van der Waals surface area contributed by atoms with E-state index >= 15 is 0 Å². The number of rotatable bonds is 5. The van der Waals surface area contributed by atoms with E-state index in [-0.39, 0.29) is 5.82 Å². The summed E-state index contributed by atoms with van der Waals surface area (Å²) in [4.78, 5) is 4.92. The van der Waals surface area contributed by atoms with Crippen molar-refractivity contribution in [1.29, 1.82) is 0 Å². The van der Waals surface area contributed by atoms with Gasteiger partial charge in [-0.15, -0.1) is 0 Å². The van der Waals surface area contributed by atoms with Crippen LogP contribution >= 0.6 is 0 Å². The minimum absolute atomic E-state index is 0.193. The van der Waals surface area contributed by atoms with Crippen LogP contribution in [0.4, 0.5) is 15.8 Å². The molecular weight excluding hydrogens is 289 g/mol. The van der Waals surface area contributed by atoms with Gasteiger partial charge in [-0.2, -0.15) is 0 Å². The summed E-state index contributed by atoms with van der Waals surface area (Å²) in [5.41, 5.74) is 3.45. The lowest BCUT2D eigenvalue weighted by Gasteiger charge is -2.35. The van der Waals surface area contributed by atoms with E-state index in [1.807, 2.05) is 12.1 Å². The number of anilines is 2. The van der Waals surface area contributed by atoms with Crippen LogP contribution in [-0.4, -0.2) is 37.6 Å². The van der Waals surface area contributed by atoms with Crippen molar-refractivity contribution < 1.29 is 4.39 Å². The molecule has 1 heterocycles. The summed E-state index contributed by atoms with van der Waals surface area (Å²) in [5, 5.41) is 3.38. The minimum Gasteiger partial charge on any atom is -0.381 e. The van der Waals surface area contributed by atoms with Crippen molar-refractivity contribution in [3.63, 3.8) is 0 Å². The van der Waals surface area contributed by atoms with Gasteiger partial charge in [0.2, 0.25) is 0 Å². The van der Waals surface area contributed by atoms with Crippen LogP contribution in [0.15, 0.2) is 48.5 Å². The van der Waals surface area contributed by atoms with E-state index in [9.17, 15) is 4.39 Å². The average molecular weight is 313 g/mol. The van der Waals surface area contributed by atoms with Crippen molar-refractivity contribution in [2.24, 2.45) is 0 Å². The standard InChI is InChI=1S/C19H24FN3/c1-2-22-11-13-23(14-12-22)19-9-7-18(8-10-19)21-15-16-3-5-17(20)6-4-16/h3-10,21H,2,11-15H2,1H3. The highest BCUT2D eigenvalue weighted by atomic mass is 19.1. The third kappa shape index (κ3) is 4.23. The molecule has 0 radical (unpaired) electrons. The van der Waals surface area contributed by atoms with Gasteiger partial charge in [0.15, 0.2) is 0 Å². The van der Waals surface area contributed by atoms with Crippen LogP contribution in [0.25, 0.3) is 0 Å². The maximum absolute atomic E-state index is 12.9. The molecule has 0 atom stereocenters. The van der Waals surface area contributed by atoms with Gasteiger partial charge in [0, 0.05) is 44.1 Å². The van der Waals surface area contributed by atoms with Gasteiger partial charge < -0.3 is 15.1 Å². The van der Waals surface area contributed by atoms with Crippen LogP contribution < -0.4 is 10.2 Å². The third-order valence-electron chi connectivity index (χ3n) is 4.46. The Morgan fingerprint density at radius 3 is 2.17 bits per heavy atom. The van der Waals surface area contributed by atoms with Gasteiger partial charge in [-0.1, -0.05) is 19.1 Å². The molecular formula is C19H24FN3. The zero-order valence-electron chi connectivity index (χ0n) is 13.6. The lowest BCUT2D eigenvalue weighted by molar-refractivity contribution is 0.271. The lowest BCUT2D eigenvalue weighted by atomic mass is 10.2. The second kappa shape index (κ2) is 7.47. The molecule has 122 valence electrons. The van der Waals surface area contributed by atoms with Crippen LogP contribution in [-0.2, 0) is 6.54 Å². The zero-order valence-corrected chi connectivity index (χ0v) is 13.6. The second-order valence-corrected chi connectivity index (χ2v) is 5.95. The molecule has 0 aromatic heterocycles. The van der Waals surface area contributed by atoms with Gasteiger partial charge in [-0.05, 0) is 48.5 Å². The monoisotopic (exact) mass is 313 g/mol. The molecule has 0 unspecified atom stereocenters. The quantitative estimate of drug-likeness (QED) is 0.910. The third-order valence-corrected chi connectivity index (χ3v) is 4.46. The summed E-state index contributed by atoms with van der Waals surface area (Å²) in [5.74, 6) is -0.193. The highest BCUT2D eigenvalue weighted by molar-refractivity contribution is 5.55. The molecule has 1 aliphatic rings. The van der Waals surface area contributed by atoms with Crippen LogP contribution in [0, 0.1) is 5.82 Å². The fourth-order valence-corrected chi connectivity index (χ4v) is 2.92. The molecule has 4 heteroatoms. The van der Waals surface area contributed by atoms with E-state index < -0.39 is 0 Å². The molecule has 23 heavy (non-hydrogen) atoms. The van der Waals surface area contributed by atoms with E-state index in [1.165, 1.54) is 17.8 Å². The number of halogens is 1. The number of hydrogen-bond acceptors (Lipinski definition) is 3. The van der Waals surface area contributed by atoms with Crippen molar-refractivity contribution in [3.8, 4) is 0 Å². The van der Waals surface area contributed by atoms with Crippen molar-refractivity contribution in [1.82, 2.24) is 4.90 Å². The average Bonchev–Trinajstić information content (AvgIpc) is 2.62. The molecule has 0 amide bonds. The highest BCUT2D eigenvalue weighted by Gasteiger charge is 2.15. The summed E-state index contributed by atoms with van der Waals surface area (Å²) in [7, 11) is 0. The molecule has 1 fully saturated rings. The van der Waals surface area contributed by atoms with Crippen molar-refractivity contribution in [2.75, 3.05) is 42.9 Å². The molecule has 1 N–H and O–H groups in total. The molecule has 0 spiro atoms. The molecule has 1 saturated heterocycles. The van der Waals surface area contributed by atoms with Gasteiger partial charge in [0.1, 0.15) is 5.82 Å². The summed E-state index contributed by atoms with van der Waals surface area (Å²) < 4.78 is 12.9. The SMILES string of the molecule is CCN1CCN(c2ccc(NCc3ccc(F)cc3)cc2)CC1. The van der Waals surface area contributed by atoms with Crippen LogP contribution in [0.2, 0.25) is 0 Å². The largest absolute Gasteiger partial charge is 0.381 e. The predicted molar refractivity (Wildman–Crippen MR) is 94.5 cm³/mol. The van der Waals surface area contributed by atoms with Gasteiger partial charge in [-0.3, -0.25) is 0 Å². The lowest BCUT2D eigenvalue weighted by Crippen LogP contribution is -2.46. The van der Waals surface area contributed by atoms with E-state index in [0.29, 0.717) is 6.54 Å². The van der Waals surface area contributed by atoms with Crippen LogP contribution in [0.1, 0.15) is 12.5 Å². The van der Waals surface area contributed by atoms with E-state index in [0.717, 1.165) is 44.0 Å². The van der Waals surface area contributed by atoms with Gasteiger partial charge >= 0.3 is 0 Å². The summed E-state index contributed by atoms with van der Waals surface area (Å²) in [6, 6.07) is 15.2. The topological polar surface area (TPSA) is 18.5 Å². The molecule has 3 rings (SSSR count). The summed E-state index contributed by atoms with van der Waals surface area (Å²) >= 11 is 0. The maximum Gasteiger partial charge on any atom is 0.123 e. The van der Waals surface area contributed by atoms with E-state index in [4.69, 9.17) is 0 Å². The Morgan fingerprint density at radius 1 is 0.913 bits per heavy atom. The number of benzene rings is 2. The maximum atomic E-state index is 12.9. The Morgan fingerprint density at radius 2 is 1.57 bits per heavy atom. The highest BCUT2D eigenvalue weighted by Crippen LogP contribution is 2.20. The number of piperazine rings is 1. The minimum atomic E-state index is -0.193. The van der Waals surface area contributed by atoms with Crippen LogP contribution in [0.5, 0.6) is 0 Å². The molecule has 1 aliphatic heterocycles. The summed E-state index contributed by atoms with van der Waals surface area (Å²) in [6.45, 7) is 8.53. The Balaban J connectivity index is 1.54. The number of nitrogens with one attached hydrogen (secondary N) is 1. The van der Waals surface area contributed by atoms with E-state index in [2.05, 4.69) is 46.3 Å². The molecule has 2 aromatic carbocycles. The van der Waals surface area contributed by atoms with Crippen molar-refractivity contribution in [3.05, 3.63) is 59.9 Å². The first-order chi connectivity index (χ1) is 11.2. The first-order valence-corrected chi connectivity index (χ1v) is 8.30.